The Labute approximate surface area is 121 Å². The molecule has 0 saturated heterocycles. The highest BCUT2D eigenvalue weighted by molar-refractivity contribution is 5.43. The first-order valence-electron chi connectivity index (χ1n) is 7.25. The second-order valence-corrected chi connectivity index (χ2v) is 4.53. The van der Waals surface area contributed by atoms with Gasteiger partial charge in [-0.15, -0.1) is 0 Å². The molecule has 0 atom stereocenters. The maximum atomic E-state index is 4.48. The summed E-state index contributed by atoms with van der Waals surface area (Å²) in [4.78, 5) is 17.5. The Morgan fingerprint density at radius 2 is 1.60 bits per heavy atom. The van der Waals surface area contributed by atoms with Gasteiger partial charge in [-0.1, -0.05) is 6.92 Å². The predicted molar refractivity (Wildman–Crippen MR) is 84.6 cm³/mol. The molecule has 0 spiro atoms. The molecule has 0 aliphatic carbocycles. The van der Waals surface area contributed by atoms with Crippen molar-refractivity contribution >= 4 is 17.8 Å². The molecule has 0 radical (unpaired) electrons. The Bertz CT molecular complexity index is 392. The van der Waals surface area contributed by atoms with Gasteiger partial charge in [0.2, 0.25) is 17.8 Å². The van der Waals surface area contributed by atoms with Crippen molar-refractivity contribution in [2.24, 2.45) is 0 Å². The highest BCUT2D eigenvalue weighted by Crippen LogP contribution is 2.12. The van der Waals surface area contributed by atoms with Gasteiger partial charge in [-0.3, -0.25) is 0 Å². The van der Waals surface area contributed by atoms with Crippen LogP contribution < -0.4 is 15.5 Å². The number of aromatic nitrogens is 3. The highest BCUT2D eigenvalue weighted by atomic mass is 15.3. The van der Waals surface area contributed by atoms with Crippen LogP contribution in [0.4, 0.5) is 17.8 Å². The van der Waals surface area contributed by atoms with E-state index in [9.17, 15) is 0 Å². The molecule has 0 aliphatic rings. The average Bonchev–Trinajstić information content (AvgIpc) is 2.48. The molecular weight excluding hydrogens is 254 g/mol. The van der Waals surface area contributed by atoms with E-state index in [1.807, 2.05) is 7.05 Å². The van der Waals surface area contributed by atoms with E-state index in [-0.39, 0.29) is 0 Å². The van der Waals surface area contributed by atoms with Crippen LogP contribution in [0.5, 0.6) is 0 Å². The number of hydrogen-bond donors (Lipinski definition) is 2. The molecule has 0 unspecified atom stereocenters. The van der Waals surface area contributed by atoms with Crippen LogP contribution in [0.1, 0.15) is 20.8 Å². The molecule has 114 valence electrons. The summed E-state index contributed by atoms with van der Waals surface area (Å²) in [5, 5.41) is 6.24. The minimum absolute atomic E-state index is 0.591. The normalized spacial score (nSPS) is 10.7. The molecule has 20 heavy (non-hydrogen) atoms. The fourth-order valence-corrected chi connectivity index (χ4v) is 1.72. The summed E-state index contributed by atoms with van der Waals surface area (Å²) in [5.74, 6) is 1.92. The van der Waals surface area contributed by atoms with E-state index in [2.05, 4.69) is 63.2 Å². The molecule has 0 saturated carbocycles. The van der Waals surface area contributed by atoms with E-state index in [4.69, 9.17) is 0 Å². The SMILES string of the molecule is CCN(C)CCNc1nc(NC)nc(N(CC)CC)n1. The Kier molecular flexibility index (Phi) is 7.00. The third-order valence-electron chi connectivity index (χ3n) is 3.21. The number of hydrogen-bond acceptors (Lipinski definition) is 7. The Balaban J connectivity index is 2.77. The predicted octanol–water partition coefficient (Wildman–Crippen LogP) is 1.12. The second kappa shape index (κ2) is 8.52. The topological polar surface area (TPSA) is 69.2 Å². The van der Waals surface area contributed by atoms with Gasteiger partial charge in [-0.05, 0) is 27.4 Å². The van der Waals surface area contributed by atoms with Crippen LogP contribution in [0.3, 0.4) is 0 Å². The van der Waals surface area contributed by atoms with Crippen LogP contribution in [0.25, 0.3) is 0 Å². The number of nitrogens with one attached hydrogen (secondary N) is 2. The zero-order valence-corrected chi connectivity index (χ0v) is 13.3. The van der Waals surface area contributed by atoms with Crippen LogP contribution in [0.2, 0.25) is 0 Å². The van der Waals surface area contributed by atoms with Crippen LogP contribution in [-0.2, 0) is 0 Å². The van der Waals surface area contributed by atoms with Gasteiger partial charge in [0.25, 0.3) is 0 Å². The first-order valence-corrected chi connectivity index (χ1v) is 7.25. The van der Waals surface area contributed by atoms with Crippen molar-refractivity contribution in [3.8, 4) is 0 Å². The van der Waals surface area contributed by atoms with Gasteiger partial charge in [0.15, 0.2) is 0 Å². The molecule has 7 nitrogen and oxygen atoms in total. The fourth-order valence-electron chi connectivity index (χ4n) is 1.72. The molecule has 0 aliphatic heterocycles. The standard InChI is InChI=1S/C13H27N7/c1-6-19(5)10-9-15-12-16-11(14-4)17-13(18-12)20(7-2)8-3/h6-10H2,1-5H3,(H2,14,15,16,17,18). The molecule has 0 amide bonds. The molecule has 1 heterocycles. The third-order valence-corrected chi connectivity index (χ3v) is 3.21. The maximum absolute atomic E-state index is 4.48. The quantitative estimate of drug-likeness (QED) is 0.703. The van der Waals surface area contributed by atoms with Crippen molar-refractivity contribution in [3.05, 3.63) is 0 Å². The molecule has 0 fully saturated rings. The molecule has 1 rings (SSSR count). The second-order valence-electron chi connectivity index (χ2n) is 4.53. The summed E-state index contributed by atoms with van der Waals surface area (Å²) in [6, 6.07) is 0. The van der Waals surface area contributed by atoms with Crippen LogP contribution in [-0.4, -0.2) is 66.7 Å². The van der Waals surface area contributed by atoms with Gasteiger partial charge in [0.05, 0.1) is 0 Å². The number of likely N-dealkylation sites (N-methyl/N-ethyl adjacent to an activating group) is 1. The third kappa shape index (κ3) is 4.80. The summed E-state index contributed by atoms with van der Waals surface area (Å²) >= 11 is 0. The minimum Gasteiger partial charge on any atom is -0.357 e. The molecule has 1 aromatic heterocycles. The first-order chi connectivity index (χ1) is 9.64. The van der Waals surface area contributed by atoms with Gasteiger partial charge < -0.3 is 20.4 Å². The van der Waals surface area contributed by atoms with E-state index < -0.39 is 0 Å². The van der Waals surface area contributed by atoms with E-state index in [1.54, 1.807) is 0 Å². The maximum Gasteiger partial charge on any atom is 0.231 e. The summed E-state index contributed by atoms with van der Waals surface area (Å²) in [6.45, 7) is 10.9. The van der Waals surface area contributed by atoms with Crippen LogP contribution in [0, 0.1) is 0 Å². The minimum atomic E-state index is 0.591. The highest BCUT2D eigenvalue weighted by Gasteiger charge is 2.10. The molecule has 7 heteroatoms. The van der Waals surface area contributed by atoms with Gasteiger partial charge in [-0.2, -0.15) is 15.0 Å². The monoisotopic (exact) mass is 281 g/mol. The zero-order valence-electron chi connectivity index (χ0n) is 13.3. The van der Waals surface area contributed by atoms with Gasteiger partial charge >= 0.3 is 0 Å². The Morgan fingerprint density at radius 3 is 2.15 bits per heavy atom. The smallest absolute Gasteiger partial charge is 0.231 e. The lowest BCUT2D eigenvalue weighted by Gasteiger charge is -2.20. The lowest BCUT2D eigenvalue weighted by Crippen LogP contribution is -2.27. The van der Waals surface area contributed by atoms with Gasteiger partial charge in [-0.25, -0.2) is 0 Å². The van der Waals surface area contributed by atoms with Crippen LogP contribution in [0.15, 0.2) is 0 Å². The van der Waals surface area contributed by atoms with Gasteiger partial charge in [0.1, 0.15) is 0 Å². The van der Waals surface area contributed by atoms with Crippen molar-refractivity contribution in [1.29, 1.82) is 0 Å². The lowest BCUT2D eigenvalue weighted by atomic mass is 10.5. The van der Waals surface area contributed by atoms with E-state index in [0.717, 1.165) is 32.7 Å². The van der Waals surface area contributed by atoms with Crippen molar-refractivity contribution in [2.75, 3.05) is 62.4 Å². The van der Waals surface area contributed by atoms with Crippen LogP contribution >= 0.6 is 0 Å². The molecule has 0 bridgehead atoms. The summed E-state index contributed by atoms with van der Waals surface area (Å²) in [7, 11) is 3.91. The number of rotatable bonds is 9. The molecular formula is C13H27N7. The largest absolute Gasteiger partial charge is 0.357 e. The summed E-state index contributed by atoms with van der Waals surface area (Å²) in [5.41, 5.74) is 0. The van der Waals surface area contributed by atoms with Crippen molar-refractivity contribution in [2.45, 2.75) is 20.8 Å². The molecule has 0 aromatic carbocycles. The fraction of sp³-hybridized carbons (Fsp3) is 0.769. The van der Waals surface area contributed by atoms with Crippen molar-refractivity contribution in [1.82, 2.24) is 19.9 Å². The summed E-state index contributed by atoms with van der Waals surface area (Å²) < 4.78 is 0. The zero-order chi connectivity index (χ0) is 15.0. The van der Waals surface area contributed by atoms with Crippen molar-refractivity contribution in [3.63, 3.8) is 0 Å². The molecule has 2 N–H and O–H groups in total. The van der Waals surface area contributed by atoms with E-state index >= 15 is 0 Å². The van der Waals surface area contributed by atoms with Gasteiger partial charge in [0, 0.05) is 33.2 Å². The first kappa shape index (κ1) is 16.4. The average molecular weight is 281 g/mol. The number of nitrogens with zero attached hydrogens (tertiary/aromatic N) is 5. The number of anilines is 3. The molecule has 1 aromatic rings. The van der Waals surface area contributed by atoms with E-state index in [0.29, 0.717) is 17.8 Å². The Morgan fingerprint density at radius 1 is 0.950 bits per heavy atom. The van der Waals surface area contributed by atoms with E-state index in [1.165, 1.54) is 0 Å². The van der Waals surface area contributed by atoms with Crippen molar-refractivity contribution < 1.29 is 0 Å². The lowest BCUT2D eigenvalue weighted by molar-refractivity contribution is 0.367. The summed E-state index contributed by atoms with van der Waals surface area (Å²) in [6.07, 6.45) is 0. The Hall–Kier alpha value is -1.63.